The third-order valence-corrected chi connectivity index (χ3v) is 7.73. The van der Waals surface area contributed by atoms with Crippen molar-refractivity contribution in [2.75, 3.05) is 41.3 Å². The second-order valence-corrected chi connectivity index (χ2v) is 11.4. The lowest BCUT2D eigenvalue weighted by Crippen LogP contribution is -3.05. The van der Waals surface area contributed by atoms with Crippen molar-refractivity contribution in [3.63, 3.8) is 0 Å². The second kappa shape index (κ2) is 15.5. The maximum atomic E-state index is 2.52. The van der Waals surface area contributed by atoms with Crippen LogP contribution in [0.3, 0.4) is 0 Å². The maximum absolute atomic E-state index is 2.52. The van der Waals surface area contributed by atoms with Crippen LogP contribution in [0.5, 0.6) is 0 Å². The Morgan fingerprint density at radius 1 is 0.543 bits per heavy atom. The van der Waals surface area contributed by atoms with Crippen LogP contribution in [0.2, 0.25) is 0 Å². The molecule has 0 amide bonds. The van der Waals surface area contributed by atoms with Crippen LogP contribution in [0.1, 0.15) is 86.5 Å². The normalized spacial score (nSPS) is 13.4. The number of hydrogen-bond acceptors (Lipinski definition) is 0. The number of fused-ring (bicyclic) bond motifs is 3. The van der Waals surface area contributed by atoms with E-state index in [9.17, 15) is 0 Å². The molecule has 0 fully saturated rings. The maximum Gasteiger partial charge on any atom is 0.0766 e. The standard InChI is InChI=1S/C31H48N2.2BrH/c1-25-15-17-27-28-18-16-26(2)24-30(28)31(29(27)23-25,19-11-7-9-13-21-32(3)4)20-12-8-10-14-22-33(5)6;;/h15-18,23-24H,7-14,19-22H2,1-6H3;2*1H. The molecule has 0 heterocycles. The summed E-state index contributed by atoms with van der Waals surface area (Å²) >= 11 is 0. The van der Waals surface area contributed by atoms with Gasteiger partial charge in [0.2, 0.25) is 0 Å². The quantitative estimate of drug-likeness (QED) is 0.248. The van der Waals surface area contributed by atoms with E-state index in [1.54, 1.807) is 20.9 Å². The van der Waals surface area contributed by atoms with E-state index < -0.39 is 0 Å². The molecule has 2 aromatic rings. The summed E-state index contributed by atoms with van der Waals surface area (Å²) in [6, 6.07) is 14.5. The van der Waals surface area contributed by atoms with E-state index in [2.05, 4.69) is 78.4 Å². The van der Waals surface area contributed by atoms with Gasteiger partial charge < -0.3 is 43.8 Å². The Kier molecular flexibility index (Phi) is 14.4. The second-order valence-electron chi connectivity index (χ2n) is 11.4. The fraction of sp³-hybridized carbons (Fsp3) is 0.613. The molecule has 2 aromatic carbocycles. The molecule has 35 heavy (non-hydrogen) atoms. The fourth-order valence-electron chi connectivity index (χ4n) is 5.90. The van der Waals surface area contributed by atoms with E-state index in [1.165, 1.54) is 99.6 Å². The number of aryl methyl sites for hydroxylation is 2. The first-order valence-corrected chi connectivity index (χ1v) is 13.6. The van der Waals surface area contributed by atoms with Crippen molar-refractivity contribution in [2.45, 2.75) is 83.5 Å². The molecule has 0 saturated heterocycles. The van der Waals surface area contributed by atoms with E-state index >= 15 is 0 Å². The lowest BCUT2D eigenvalue weighted by atomic mass is 9.70. The predicted octanol–water partition coefficient (Wildman–Crippen LogP) is -1.23. The molecule has 0 aliphatic heterocycles. The first-order chi connectivity index (χ1) is 15.8. The summed E-state index contributed by atoms with van der Waals surface area (Å²) in [4.78, 5) is 3.15. The van der Waals surface area contributed by atoms with Gasteiger partial charge in [0, 0.05) is 5.41 Å². The molecule has 0 aromatic heterocycles. The molecule has 0 bridgehead atoms. The molecule has 0 saturated carbocycles. The molecule has 1 aliphatic rings. The Morgan fingerprint density at radius 2 is 0.914 bits per heavy atom. The minimum absolute atomic E-state index is 0. The van der Waals surface area contributed by atoms with Crippen LogP contribution < -0.4 is 43.8 Å². The summed E-state index contributed by atoms with van der Waals surface area (Å²) in [5.74, 6) is 0. The molecular formula is C31H50Br2N2. The monoisotopic (exact) mass is 608 g/mol. The summed E-state index contributed by atoms with van der Waals surface area (Å²) in [7, 11) is 9.08. The van der Waals surface area contributed by atoms with Gasteiger partial charge in [-0.15, -0.1) is 0 Å². The lowest BCUT2D eigenvalue weighted by Gasteiger charge is -2.33. The number of nitrogens with one attached hydrogen (secondary N) is 2. The molecule has 4 heteroatoms. The molecule has 0 spiro atoms. The lowest BCUT2D eigenvalue weighted by molar-refractivity contribution is -0.858. The number of halogens is 2. The Labute approximate surface area is 237 Å². The van der Waals surface area contributed by atoms with Crippen molar-refractivity contribution in [1.29, 1.82) is 0 Å². The van der Waals surface area contributed by atoms with Crippen LogP contribution in [0, 0.1) is 13.8 Å². The topological polar surface area (TPSA) is 8.88 Å². The van der Waals surface area contributed by atoms with Crippen LogP contribution in [0.4, 0.5) is 0 Å². The van der Waals surface area contributed by atoms with Gasteiger partial charge in [0.25, 0.3) is 0 Å². The van der Waals surface area contributed by atoms with E-state index in [1.807, 2.05) is 0 Å². The highest BCUT2D eigenvalue weighted by molar-refractivity contribution is 5.81. The zero-order valence-corrected chi connectivity index (χ0v) is 26.4. The molecule has 0 radical (unpaired) electrons. The molecule has 198 valence electrons. The van der Waals surface area contributed by atoms with Crippen LogP contribution in [0.25, 0.3) is 11.1 Å². The average molecular weight is 611 g/mol. The van der Waals surface area contributed by atoms with Crippen molar-refractivity contribution in [2.24, 2.45) is 0 Å². The van der Waals surface area contributed by atoms with Crippen LogP contribution in [0.15, 0.2) is 36.4 Å². The summed E-state index contributed by atoms with van der Waals surface area (Å²) in [6.07, 6.45) is 13.5. The van der Waals surface area contributed by atoms with Crippen molar-refractivity contribution in [1.82, 2.24) is 0 Å². The molecule has 1 aliphatic carbocycles. The van der Waals surface area contributed by atoms with Crippen LogP contribution in [-0.4, -0.2) is 41.3 Å². The number of hydrogen-bond donors (Lipinski definition) is 2. The first kappa shape index (κ1) is 32.3. The van der Waals surface area contributed by atoms with Crippen LogP contribution >= 0.6 is 0 Å². The number of benzene rings is 2. The molecule has 2 nitrogen and oxygen atoms in total. The van der Waals surface area contributed by atoms with Gasteiger partial charge in [-0.3, -0.25) is 0 Å². The van der Waals surface area contributed by atoms with Gasteiger partial charge in [-0.1, -0.05) is 73.2 Å². The van der Waals surface area contributed by atoms with Crippen molar-refractivity contribution >= 4 is 0 Å². The highest BCUT2D eigenvalue weighted by Crippen LogP contribution is 2.54. The van der Waals surface area contributed by atoms with Crippen LogP contribution in [-0.2, 0) is 5.41 Å². The Bertz CT molecular complexity index is 818. The van der Waals surface area contributed by atoms with Gasteiger partial charge >= 0.3 is 0 Å². The third-order valence-electron chi connectivity index (χ3n) is 7.73. The first-order valence-electron chi connectivity index (χ1n) is 13.6. The highest BCUT2D eigenvalue weighted by atomic mass is 79.9. The molecule has 0 unspecified atom stereocenters. The zero-order valence-electron chi connectivity index (χ0n) is 23.2. The van der Waals surface area contributed by atoms with E-state index in [-0.39, 0.29) is 39.4 Å². The van der Waals surface area contributed by atoms with Crippen molar-refractivity contribution in [3.05, 3.63) is 58.7 Å². The van der Waals surface area contributed by atoms with E-state index in [0.717, 1.165) is 0 Å². The molecular weight excluding hydrogens is 560 g/mol. The van der Waals surface area contributed by atoms with Gasteiger partial charge in [0.15, 0.2) is 0 Å². The Balaban J connectivity index is 0.00000306. The highest BCUT2D eigenvalue weighted by Gasteiger charge is 2.42. The third kappa shape index (κ3) is 8.69. The average Bonchev–Trinajstić information content (AvgIpc) is 3.01. The van der Waals surface area contributed by atoms with Gasteiger partial charge in [0.05, 0.1) is 41.3 Å². The largest absolute Gasteiger partial charge is 1.00 e. The number of quaternary nitrogens is 2. The molecule has 2 N–H and O–H groups in total. The molecule has 3 rings (SSSR count). The minimum Gasteiger partial charge on any atom is -1.00 e. The summed E-state index contributed by atoms with van der Waals surface area (Å²) in [5, 5.41) is 0. The number of rotatable bonds is 14. The van der Waals surface area contributed by atoms with Gasteiger partial charge in [-0.2, -0.15) is 0 Å². The van der Waals surface area contributed by atoms with Crippen molar-refractivity contribution < 1.29 is 43.8 Å². The smallest absolute Gasteiger partial charge is 0.0766 e. The summed E-state index contributed by atoms with van der Waals surface area (Å²) < 4.78 is 0. The van der Waals surface area contributed by atoms with Gasteiger partial charge in [0.1, 0.15) is 0 Å². The van der Waals surface area contributed by atoms with Gasteiger partial charge in [-0.25, -0.2) is 0 Å². The predicted molar refractivity (Wildman–Crippen MR) is 144 cm³/mol. The molecule has 0 atom stereocenters. The Morgan fingerprint density at radius 3 is 1.29 bits per heavy atom. The van der Waals surface area contributed by atoms with Gasteiger partial charge in [-0.05, 0) is 74.6 Å². The summed E-state index contributed by atoms with van der Waals surface area (Å²) in [6.45, 7) is 7.13. The SMILES string of the molecule is Cc1ccc2c(c1)C(CCCCCC[NH+](C)C)(CCCCCC[NH+](C)C)c1cc(C)ccc1-2.[Br-].[Br-]. The fourth-order valence-corrected chi connectivity index (χ4v) is 5.90. The Hall–Kier alpha value is -0.680. The van der Waals surface area contributed by atoms with E-state index in [0.29, 0.717) is 0 Å². The number of unbranched alkanes of at least 4 members (excludes halogenated alkanes) is 6. The zero-order chi connectivity index (χ0) is 23.8. The minimum atomic E-state index is 0. The summed E-state index contributed by atoms with van der Waals surface area (Å²) in [5.41, 5.74) is 9.28. The van der Waals surface area contributed by atoms with E-state index in [4.69, 9.17) is 0 Å². The van der Waals surface area contributed by atoms with Crippen molar-refractivity contribution in [3.8, 4) is 11.1 Å².